The largest absolute Gasteiger partial charge is 4.00 e. The van der Waals surface area contributed by atoms with Gasteiger partial charge in [-0.1, -0.05) is 67.1 Å². The van der Waals surface area contributed by atoms with E-state index < -0.39 is 16.1 Å². The zero-order valence-corrected chi connectivity index (χ0v) is 20.5. The fraction of sp³-hybridized carbons (Fsp3) is 0.364. The van der Waals surface area contributed by atoms with Gasteiger partial charge in [0, 0.05) is 18.8 Å². The third kappa shape index (κ3) is 11.6. The molecule has 0 aromatic heterocycles. The third-order valence-electron chi connectivity index (χ3n) is 4.00. The minimum atomic E-state index is -3.40. The quantitative estimate of drug-likeness (QED) is 0.293. The van der Waals surface area contributed by atoms with Gasteiger partial charge in [0.2, 0.25) is 0 Å². The molecule has 0 heterocycles. The van der Waals surface area contributed by atoms with Crippen LogP contribution in [0.1, 0.15) is 29.7 Å². The van der Waals surface area contributed by atoms with Gasteiger partial charge in [-0.3, -0.25) is 0 Å². The number of nitrogens with one attached hydrogen (secondary N) is 1. The number of benzene rings is 2. The molecule has 0 saturated carbocycles. The Labute approximate surface area is 190 Å². The minimum Gasteiger partial charge on any atom is -0.545 e. The van der Waals surface area contributed by atoms with Crippen molar-refractivity contribution in [2.24, 2.45) is 0 Å². The zero-order chi connectivity index (χ0) is 19.0. The van der Waals surface area contributed by atoms with Crippen molar-refractivity contribution >= 4 is 10.0 Å². The molecule has 2 atom stereocenters. The predicted molar refractivity (Wildman–Crippen MR) is 119 cm³/mol. The number of ether oxygens (including phenoxy) is 1. The Morgan fingerprint density at radius 2 is 1.62 bits per heavy atom. The summed E-state index contributed by atoms with van der Waals surface area (Å²) >= 11 is 0. The first-order valence-corrected chi connectivity index (χ1v) is 10.5. The summed E-state index contributed by atoms with van der Waals surface area (Å²) < 4.78 is 32.7. The molecule has 29 heavy (non-hydrogen) atoms. The predicted octanol–water partition coefficient (Wildman–Crippen LogP) is 4.46. The first kappa shape index (κ1) is 30.1. The van der Waals surface area contributed by atoms with E-state index in [0.29, 0.717) is 19.8 Å². The maximum atomic E-state index is 11.5. The molecular weight excluding hydrogens is 473 g/mol. The minimum absolute atomic E-state index is 0. The zero-order valence-electron chi connectivity index (χ0n) is 17.9. The molecule has 2 rings (SSSR count). The molecule has 0 radical (unpaired) electrons. The molecule has 0 aliphatic rings. The van der Waals surface area contributed by atoms with E-state index in [2.05, 4.69) is 41.2 Å². The molecule has 0 spiro atoms. The van der Waals surface area contributed by atoms with Gasteiger partial charge in [-0.2, -0.15) is 0 Å². The van der Waals surface area contributed by atoms with E-state index >= 15 is 0 Å². The average molecular weight is 507 g/mol. The molecule has 0 aliphatic heterocycles. The van der Waals surface area contributed by atoms with E-state index in [9.17, 15) is 8.42 Å². The second kappa shape index (κ2) is 14.8. The second-order valence-electron chi connectivity index (χ2n) is 6.46. The SMILES string of the molecule is Cc1ccc(COCCNC(c2ccccc2)C(C)[N-]S(C)(=O)=O)cc1.[CH3-].[CH3-].[Ru+4]. The Bertz CT molecular complexity index is 768. The fourth-order valence-electron chi connectivity index (χ4n) is 2.75. The molecule has 2 aromatic carbocycles. The summed E-state index contributed by atoms with van der Waals surface area (Å²) in [5.41, 5.74) is 3.37. The van der Waals surface area contributed by atoms with Gasteiger partial charge in [0.05, 0.1) is 23.2 Å². The van der Waals surface area contributed by atoms with Crippen LogP contribution in [0.3, 0.4) is 0 Å². The smallest absolute Gasteiger partial charge is 0.545 e. The summed E-state index contributed by atoms with van der Waals surface area (Å²) in [5, 5.41) is 3.37. The number of sulfonamides is 1. The first-order chi connectivity index (χ1) is 12.3. The van der Waals surface area contributed by atoms with Crippen molar-refractivity contribution in [1.29, 1.82) is 0 Å². The van der Waals surface area contributed by atoms with Crippen LogP contribution in [0.15, 0.2) is 54.6 Å². The van der Waals surface area contributed by atoms with Crippen molar-refractivity contribution in [3.63, 3.8) is 0 Å². The molecular formula is C22H33N2O3RuS+. The Morgan fingerprint density at radius 1 is 1.03 bits per heavy atom. The molecule has 0 amide bonds. The van der Waals surface area contributed by atoms with Gasteiger partial charge < -0.3 is 29.6 Å². The number of rotatable bonds is 10. The van der Waals surface area contributed by atoms with Crippen molar-refractivity contribution in [2.75, 3.05) is 19.4 Å². The van der Waals surface area contributed by atoms with Crippen molar-refractivity contribution in [1.82, 2.24) is 5.32 Å². The summed E-state index contributed by atoms with van der Waals surface area (Å²) in [6.07, 6.45) is 1.12. The Balaban J connectivity index is 0. The second-order valence-corrected chi connectivity index (χ2v) is 8.14. The first-order valence-electron chi connectivity index (χ1n) is 8.69. The summed E-state index contributed by atoms with van der Waals surface area (Å²) in [4.78, 5) is 0. The molecule has 0 bridgehead atoms. The number of aryl methyl sites for hydroxylation is 1. The van der Waals surface area contributed by atoms with Gasteiger partial charge in [-0.15, -0.1) is 6.04 Å². The fourth-order valence-corrected chi connectivity index (χ4v) is 3.48. The van der Waals surface area contributed by atoms with Gasteiger partial charge in [-0.05, 0) is 18.1 Å². The third-order valence-corrected chi connectivity index (χ3v) is 4.71. The Morgan fingerprint density at radius 3 is 2.17 bits per heavy atom. The topological polar surface area (TPSA) is 69.5 Å². The van der Waals surface area contributed by atoms with E-state index in [1.807, 2.05) is 30.3 Å². The van der Waals surface area contributed by atoms with Crippen molar-refractivity contribution in [3.8, 4) is 0 Å². The van der Waals surface area contributed by atoms with Crippen LogP contribution < -0.4 is 5.32 Å². The number of hydrogen-bond donors (Lipinski definition) is 1. The molecule has 7 heteroatoms. The number of nitrogens with zero attached hydrogens (tertiary/aromatic N) is 1. The van der Waals surface area contributed by atoms with Crippen LogP contribution in [-0.4, -0.2) is 33.9 Å². The van der Waals surface area contributed by atoms with Gasteiger partial charge in [-0.25, -0.2) is 8.42 Å². The van der Waals surface area contributed by atoms with Gasteiger partial charge in [0.1, 0.15) is 0 Å². The van der Waals surface area contributed by atoms with E-state index in [1.165, 1.54) is 5.56 Å². The molecule has 2 unspecified atom stereocenters. The van der Waals surface area contributed by atoms with Crippen LogP contribution in [-0.2, 0) is 40.8 Å². The van der Waals surface area contributed by atoms with Crippen molar-refractivity contribution in [3.05, 3.63) is 90.9 Å². The van der Waals surface area contributed by atoms with Crippen LogP contribution in [0, 0.1) is 21.8 Å². The molecule has 2 aromatic rings. The van der Waals surface area contributed by atoms with Crippen molar-refractivity contribution in [2.45, 2.75) is 32.5 Å². The average Bonchev–Trinajstić information content (AvgIpc) is 2.59. The van der Waals surface area contributed by atoms with Gasteiger partial charge in [0.25, 0.3) is 0 Å². The van der Waals surface area contributed by atoms with Crippen LogP contribution >= 0.6 is 0 Å². The van der Waals surface area contributed by atoms with E-state index in [4.69, 9.17) is 4.74 Å². The molecule has 162 valence electrons. The summed E-state index contributed by atoms with van der Waals surface area (Å²) in [7, 11) is -3.40. The summed E-state index contributed by atoms with van der Waals surface area (Å²) in [6, 6.07) is 17.4. The van der Waals surface area contributed by atoms with Crippen LogP contribution in [0.2, 0.25) is 0 Å². The summed E-state index contributed by atoms with van der Waals surface area (Å²) in [5.74, 6) is 0. The molecule has 5 nitrogen and oxygen atoms in total. The van der Waals surface area contributed by atoms with E-state index in [0.717, 1.165) is 17.4 Å². The maximum Gasteiger partial charge on any atom is 4.00 e. The molecule has 1 N–H and O–H groups in total. The number of hydrogen-bond acceptors (Lipinski definition) is 4. The van der Waals surface area contributed by atoms with Gasteiger partial charge >= 0.3 is 19.5 Å². The summed E-state index contributed by atoms with van der Waals surface area (Å²) in [6.45, 7) is 5.55. The van der Waals surface area contributed by atoms with Crippen LogP contribution in [0.25, 0.3) is 4.72 Å². The van der Waals surface area contributed by atoms with E-state index in [-0.39, 0.29) is 40.4 Å². The molecule has 0 aliphatic carbocycles. The van der Waals surface area contributed by atoms with E-state index in [1.54, 1.807) is 6.92 Å². The Hall–Kier alpha value is -1.11. The van der Waals surface area contributed by atoms with Crippen molar-refractivity contribution < 1.29 is 32.6 Å². The monoisotopic (exact) mass is 507 g/mol. The molecule has 0 fully saturated rings. The van der Waals surface area contributed by atoms with Crippen LogP contribution in [0.5, 0.6) is 0 Å². The Kier molecular flexibility index (Phi) is 15.4. The standard InChI is InChI=1S/C20H27N2O3S.2CH3.Ru/c1-16-9-11-18(12-10-16)15-25-14-13-21-20(17(2)22-26(3,23)24)19-7-5-4-6-8-19;;;/h4-12,17,20-21H,13-15H2,1-3H3;2*1H3;/q3*-1;+4. The molecule has 0 saturated heterocycles. The maximum absolute atomic E-state index is 11.5. The normalized spacial score (nSPS) is 12.7. The van der Waals surface area contributed by atoms with Crippen LogP contribution in [0.4, 0.5) is 0 Å². The van der Waals surface area contributed by atoms with Gasteiger partial charge in [0.15, 0.2) is 0 Å².